The van der Waals surface area contributed by atoms with Gasteiger partial charge in [0.2, 0.25) is 0 Å². The smallest absolute Gasteiger partial charge is 0.272 e. The van der Waals surface area contributed by atoms with E-state index >= 15 is 0 Å². The van der Waals surface area contributed by atoms with Crippen LogP contribution >= 0.6 is 0 Å². The summed E-state index contributed by atoms with van der Waals surface area (Å²) in [5, 5.41) is 17.5. The first-order valence-electron chi connectivity index (χ1n) is 5.09. The average Bonchev–Trinajstić information content (AvgIpc) is 2.96. The molecule has 1 amide bonds. The van der Waals surface area contributed by atoms with Crippen LogP contribution in [0.4, 0.5) is 0 Å². The van der Waals surface area contributed by atoms with E-state index in [4.69, 9.17) is 0 Å². The molecule has 2 heterocycles. The van der Waals surface area contributed by atoms with Gasteiger partial charge in [0.25, 0.3) is 5.91 Å². The van der Waals surface area contributed by atoms with Gasteiger partial charge in [0.15, 0.2) is 5.82 Å². The first kappa shape index (κ1) is 11.2. The number of rotatable bonds is 3. The van der Waals surface area contributed by atoms with E-state index in [1.54, 1.807) is 31.3 Å². The summed E-state index contributed by atoms with van der Waals surface area (Å²) in [4.78, 5) is 13.7. The standard InChI is InChI=1S/C9H13N7O/c1-6(8-11-13-14-12-8)15(2)9(17)7-4-5-10-16(7)3/h4-6H,1-3H3,(H,11,12,13,14). The Morgan fingerprint density at radius 1 is 1.59 bits per heavy atom. The van der Waals surface area contributed by atoms with Crippen LogP contribution in [0.25, 0.3) is 0 Å². The first-order valence-corrected chi connectivity index (χ1v) is 5.09. The lowest BCUT2D eigenvalue weighted by Crippen LogP contribution is -2.31. The van der Waals surface area contributed by atoms with E-state index in [0.29, 0.717) is 11.5 Å². The van der Waals surface area contributed by atoms with Crippen molar-refractivity contribution in [1.82, 2.24) is 35.3 Å². The molecule has 0 aliphatic carbocycles. The van der Waals surface area contributed by atoms with Gasteiger partial charge < -0.3 is 4.90 Å². The van der Waals surface area contributed by atoms with Gasteiger partial charge in [0.05, 0.1) is 6.04 Å². The minimum absolute atomic E-state index is 0.137. The fourth-order valence-corrected chi connectivity index (χ4v) is 1.46. The van der Waals surface area contributed by atoms with Gasteiger partial charge in [-0.15, -0.1) is 10.2 Å². The number of aryl methyl sites for hydroxylation is 1. The molecule has 0 aliphatic rings. The van der Waals surface area contributed by atoms with Gasteiger partial charge in [-0.05, 0) is 13.0 Å². The van der Waals surface area contributed by atoms with Crippen molar-refractivity contribution in [2.75, 3.05) is 7.05 Å². The highest BCUT2D eigenvalue weighted by Gasteiger charge is 2.23. The normalized spacial score (nSPS) is 12.4. The summed E-state index contributed by atoms with van der Waals surface area (Å²) >= 11 is 0. The van der Waals surface area contributed by atoms with Crippen LogP contribution in [0, 0.1) is 0 Å². The van der Waals surface area contributed by atoms with Gasteiger partial charge in [-0.2, -0.15) is 10.3 Å². The molecule has 1 N–H and O–H groups in total. The second kappa shape index (κ2) is 4.32. The van der Waals surface area contributed by atoms with Crippen molar-refractivity contribution in [3.05, 3.63) is 23.8 Å². The molecule has 0 aliphatic heterocycles. The van der Waals surface area contributed by atoms with Crippen LogP contribution in [-0.4, -0.2) is 48.3 Å². The van der Waals surface area contributed by atoms with Crippen LogP contribution in [0.2, 0.25) is 0 Å². The quantitative estimate of drug-likeness (QED) is 0.793. The summed E-state index contributed by atoms with van der Waals surface area (Å²) in [7, 11) is 3.41. The zero-order chi connectivity index (χ0) is 12.4. The maximum Gasteiger partial charge on any atom is 0.272 e. The van der Waals surface area contributed by atoms with Gasteiger partial charge in [-0.25, -0.2) is 0 Å². The number of hydrogen-bond donors (Lipinski definition) is 1. The SMILES string of the molecule is CC(c1nn[nH]n1)N(C)C(=O)c1ccnn1C. The number of carbonyl (C=O) groups excluding carboxylic acids is 1. The lowest BCUT2D eigenvalue weighted by atomic mass is 10.2. The third-order valence-electron chi connectivity index (χ3n) is 2.68. The second-order valence-corrected chi connectivity index (χ2v) is 3.70. The van der Waals surface area contributed by atoms with Crippen molar-refractivity contribution in [2.45, 2.75) is 13.0 Å². The summed E-state index contributed by atoms with van der Waals surface area (Å²) in [6, 6.07) is 1.41. The topological polar surface area (TPSA) is 92.6 Å². The highest BCUT2D eigenvalue weighted by molar-refractivity contribution is 5.92. The molecule has 90 valence electrons. The van der Waals surface area contributed by atoms with Crippen LogP contribution in [-0.2, 0) is 7.05 Å². The number of nitrogens with zero attached hydrogens (tertiary/aromatic N) is 6. The lowest BCUT2D eigenvalue weighted by Gasteiger charge is -2.22. The molecule has 0 radical (unpaired) electrons. The summed E-state index contributed by atoms with van der Waals surface area (Å²) < 4.78 is 1.53. The molecule has 8 heteroatoms. The molecule has 17 heavy (non-hydrogen) atoms. The predicted molar refractivity (Wildman–Crippen MR) is 57.9 cm³/mol. The molecule has 2 rings (SSSR count). The Bertz CT molecular complexity index is 503. The third kappa shape index (κ3) is 2.01. The zero-order valence-electron chi connectivity index (χ0n) is 9.82. The van der Waals surface area contributed by atoms with Crippen molar-refractivity contribution in [3.8, 4) is 0 Å². The maximum atomic E-state index is 12.1. The molecular formula is C9H13N7O. The van der Waals surface area contributed by atoms with Crippen molar-refractivity contribution in [3.63, 3.8) is 0 Å². The van der Waals surface area contributed by atoms with Crippen LogP contribution in [0.1, 0.15) is 29.3 Å². The Kier molecular flexibility index (Phi) is 2.86. The molecule has 1 atom stereocenters. The number of hydrogen-bond acceptors (Lipinski definition) is 5. The Hall–Kier alpha value is -2.25. The fourth-order valence-electron chi connectivity index (χ4n) is 1.46. The number of nitrogens with one attached hydrogen (secondary N) is 1. The number of H-pyrrole nitrogens is 1. The fraction of sp³-hybridized carbons (Fsp3) is 0.444. The molecule has 0 spiro atoms. The van der Waals surface area contributed by atoms with Crippen LogP contribution < -0.4 is 0 Å². The van der Waals surface area contributed by atoms with Crippen molar-refractivity contribution in [1.29, 1.82) is 0 Å². The minimum atomic E-state index is -0.254. The molecule has 0 fully saturated rings. The molecule has 8 nitrogen and oxygen atoms in total. The number of amides is 1. The summed E-state index contributed by atoms with van der Waals surface area (Å²) in [5.41, 5.74) is 0.517. The number of tetrazole rings is 1. The van der Waals surface area contributed by atoms with E-state index in [-0.39, 0.29) is 11.9 Å². The Labute approximate surface area is 97.6 Å². The van der Waals surface area contributed by atoms with E-state index in [1.165, 1.54) is 4.68 Å². The molecule has 0 saturated heterocycles. The van der Waals surface area contributed by atoms with Crippen molar-refractivity contribution in [2.24, 2.45) is 7.05 Å². The summed E-state index contributed by atoms with van der Waals surface area (Å²) in [6.07, 6.45) is 1.58. The minimum Gasteiger partial charge on any atom is -0.330 e. The predicted octanol–water partition coefficient (Wildman–Crippen LogP) is -0.234. The molecule has 2 aromatic heterocycles. The Morgan fingerprint density at radius 2 is 2.35 bits per heavy atom. The van der Waals surface area contributed by atoms with Gasteiger partial charge >= 0.3 is 0 Å². The highest BCUT2D eigenvalue weighted by Crippen LogP contribution is 2.15. The van der Waals surface area contributed by atoms with Gasteiger partial charge in [-0.1, -0.05) is 5.21 Å². The summed E-state index contributed by atoms with van der Waals surface area (Å²) in [6.45, 7) is 1.83. The van der Waals surface area contributed by atoms with Gasteiger partial charge in [-0.3, -0.25) is 9.48 Å². The zero-order valence-corrected chi connectivity index (χ0v) is 9.82. The van der Waals surface area contributed by atoms with Crippen LogP contribution in [0.3, 0.4) is 0 Å². The number of aromatic nitrogens is 6. The average molecular weight is 235 g/mol. The Morgan fingerprint density at radius 3 is 2.88 bits per heavy atom. The highest BCUT2D eigenvalue weighted by atomic mass is 16.2. The van der Waals surface area contributed by atoms with E-state index in [1.807, 2.05) is 6.92 Å². The Balaban J connectivity index is 2.18. The number of aromatic amines is 1. The van der Waals surface area contributed by atoms with Crippen molar-refractivity contribution < 1.29 is 4.79 Å². The molecule has 0 saturated carbocycles. The van der Waals surface area contributed by atoms with E-state index in [9.17, 15) is 4.79 Å². The number of carbonyl (C=O) groups is 1. The largest absolute Gasteiger partial charge is 0.330 e. The van der Waals surface area contributed by atoms with Gasteiger partial charge in [0.1, 0.15) is 5.69 Å². The lowest BCUT2D eigenvalue weighted by molar-refractivity contribution is 0.0725. The molecule has 0 bridgehead atoms. The molecule has 1 unspecified atom stereocenters. The van der Waals surface area contributed by atoms with Crippen LogP contribution in [0.15, 0.2) is 12.3 Å². The van der Waals surface area contributed by atoms with E-state index < -0.39 is 0 Å². The third-order valence-corrected chi connectivity index (χ3v) is 2.68. The molecular weight excluding hydrogens is 222 g/mol. The van der Waals surface area contributed by atoms with E-state index in [2.05, 4.69) is 25.7 Å². The van der Waals surface area contributed by atoms with Crippen molar-refractivity contribution >= 4 is 5.91 Å². The van der Waals surface area contributed by atoms with Crippen LogP contribution in [0.5, 0.6) is 0 Å². The second-order valence-electron chi connectivity index (χ2n) is 3.70. The summed E-state index contributed by atoms with van der Waals surface area (Å²) in [5.74, 6) is 0.338. The maximum absolute atomic E-state index is 12.1. The van der Waals surface area contributed by atoms with Gasteiger partial charge in [0, 0.05) is 20.3 Å². The van der Waals surface area contributed by atoms with E-state index in [0.717, 1.165) is 0 Å². The first-order chi connectivity index (χ1) is 8.11. The monoisotopic (exact) mass is 235 g/mol. The molecule has 2 aromatic rings. The molecule has 0 aromatic carbocycles.